The number of hydrogen-bond donors (Lipinski definition) is 1. The lowest BCUT2D eigenvalue weighted by molar-refractivity contribution is -0.0597. The van der Waals surface area contributed by atoms with Crippen LogP contribution in [0.3, 0.4) is 0 Å². The Morgan fingerprint density at radius 2 is 1.92 bits per heavy atom. The molecule has 1 N–H and O–H groups in total. The Hall–Kier alpha value is -1.82. The molecule has 0 atom stereocenters. The molecule has 2 aliphatic rings. The molecule has 3 heterocycles. The van der Waals surface area contributed by atoms with Gasteiger partial charge in [0.05, 0.1) is 17.9 Å². The number of ether oxygens (including phenoxy) is 1. The highest BCUT2D eigenvalue weighted by atomic mass is 16.5. The van der Waals surface area contributed by atoms with E-state index in [4.69, 9.17) is 4.74 Å². The average Bonchev–Trinajstić information content (AvgIpc) is 3.20. The highest BCUT2D eigenvalue weighted by Crippen LogP contribution is 2.29. The average molecular weight is 343 g/mol. The molecule has 0 radical (unpaired) electrons. The Morgan fingerprint density at radius 3 is 2.52 bits per heavy atom. The summed E-state index contributed by atoms with van der Waals surface area (Å²) in [6, 6.07) is 4.07. The molecule has 0 bridgehead atoms. The Bertz CT molecular complexity index is 666. The van der Waals surface area contributed by atoms with E-state index in [0.29, 0.717) is 18.1 Å². The Kier molecular flexibility index (Phi) is 4.79. The molecule has 1 aliphatic carbocycles. The van der Waals surface area contributed by atoms with Gasteiger partial charge >= 0.3 is 0 Å². The van der Waals surface area contributed by atoms with E-state index in [2.05, 4.69) is 44.6 Å². The predicted molar refractivity (Wildman–Crippen MR) is 98.6 cm³/mol. The van der Waals surface area contributed by atoms with Crippen LogP contribution in [-0.4, -0.2) is 45.0 Å². The van der Waals surface area contributed by atoms with Crippen molar-refractivity contribution in [2.24, 2.45) is 5.92 Å². The summed E-state index contributed by atoms with van der Waals surface area (Å²) < 4.78 is 8.46. The molecule has 1 saturated heterocycles. The zero-order valence-electron chi connectivity index (χ0n) is 15.3. The first-order chi connectivity index (χ1) is 12.2. The van der Waals surface area contributed by atoms with Crippen LogP contribution in [0.2, 0.25) is 0 Å². The van der Waals surface area contributed by atoms with Crippen LogP contribution in [-0.2, 0) is 11.3 Å². The number of aromatic nitrogens is 4. The van der Waals surface area contributed by atoms with Crippen molar-refractivity contribution in [2.45, 2.75) is 64.7 Å². The first kappa shape index (κ1) is 16.6. The van der Waals surface area contributed by atoms with Crippen molar-refractivity contribution >= 4 is 5.95 Å². The van der Waals surface area contributed by atoms with E-state index in [1.54, 1.807) is 0 Å². The van der Waals surface area contributed by atoms with Gasteiger partial charge in [-0.25, -0.2) is 0 Å². The van der Waals surface area contributed by atoms with E-state index in [0.717, 1.165) is 49.9 Å². The lowest BCUT2D eigenvalue weighted by Crippen LogP contribution is -2.40. The van der Waals surface area contributed by atoms with Gasteiger partial charge in [0.1, 0.15) is 0 Å². The number of rotatable bonds is 6. The van der Waals surface area contributed by atoms with Gasteiger partial charge in [-0.1, -0.05) is 13.8 Å². The summed E-state index contributed by atoms with van der Waals surface area (Å²) in [5, 5.41) is 9.03. The second-order valence-electron chi connectivity index (χ2n) is 7.79. The van der Waals surface area contributed by atoms with Crippen molar-refractivity contribution in [3.8, 4) is 11.5 Å². The van der Waals surface area contributed by atoms with E-state index in [1.165, 1.54) is 19.3 Å². The molecule has 6 heteroatoms. The third-order valence-corrected chi connectivity index (χ3v) is 5.28. The number of nitrogens with zero attached hydrogens (tertiary/aromatic N) is 4. The van der Waals surface area contributed by atoms with Gasteiger partial charge in [-0.15, -0.1) is 10.2 Å². The molecule has 2 fully saturated rings. The van der Waals surface area contributed by atoms with Gasteiger partial charge in [0.25, 0.3) is 0 Å². The number of H-pyrrole nitrogens is 1. The minimum atomic E-state index is 0.422. The molecule has 0 aromatic carbocycles. The van der Waals surface area contributed by atoms with Crippen molar-refractivity contribution < 1.29 is 4.74 Å². The first-order valence-corrected chi connectivity index (χ1v) is 9.68. The Balaban J connectivity index is 1.48. The largest absolute Gasteiger partial charge is 0.375 e. The Labute approximate surface area is 149 Å². The molecule has 1 saturated carbocycles. The third-order valence-electron chi connectivity index (χ3n) is 5.28. The molecule has 2 aromatic rings. The fourth-order valence-electron chi connectivity index (χ4n) is 3.70. The van der Waals surface area contributed by atoms with Crippen LogP contribution in [0, 0.1) is 5.92 Å². The highest BCUT2D eigenvalue weighted by Gasteiger charge is 2.28. The van der Waals surface area contributed by atoms with Crippen LogP contribution in [0.25, 0.3) is 11.5 Å². The summed E-state index contributed by atoms with van der Waals surface area (Å²) in [5.74, 6) is 2.48. The molecular weight excluding hydrogens is 314 g/mol. The number of piperidine rings is 1. The number of anilines is 1. The summed E-state index contributed by atoms with van der Waals surface area (Å²) in [6.07, 6.45) is 8.90. The fourth-order valence-corrected chi connectivity index (χ4v) is 3.70. The van der Waals surface area contributed by atoms with Gasteiger partial charge in [0.2, 0.25) is 5.95 Å². The SMILES string of the molecule is CC(C)Cn1c(-c2ccc[nH]2)nnc1N1CCC(OC2CCC2)CC1. The molecule has 0 spiro atoms. The standard InChI is InChI=1S/C19H29N5O/c1-14(2)13-24-18(17-7-4-10-20-17)21-22-19(24)23-11-8-16(9-12-23)25-15-5-3-6-15/h4,7,10,14-16,20H,3,5-6,8-9,11-13H2,1-2H3. The van der Waals surface area contributed by atoms with Crippen LogP contribution in [0.4, 0.5) is 5.95 Å². The first-order valence-electron chi connectivity index (χ1n) is 9.68. The zero-order valence-corrected chi connectivity index (χ0v) is 15.3. The van der Waals surface area contributed by atoms with Crippen molar-refractivity contribution in [3.05, 3.63) is 18.3 Å². The summed E-state index contributed by atoms with van der Waals surface area (Å²) >= 11 is 0. The van der Waals surface area contributed by atoms with Gasteiger partial charge in [-0.3, -0.25) is 4.57 Å². The second-order valence-corrected chi connectivity index (χ2v) is 7.79. The van der Waals surface area contributed by atoms with Gasteiger partial charge < -0.3 is 14.6 Å². The summed E-state index contributed by atoms with van der Waals surface area (Å²) in [4.78, 5) is 5.64. The lowest BCUT2D eigenvalue weighted by atomic mass is 9.95. The maximum absolute atomic E-state index is 6.20. The topological polar surface area (TPSA) is 59.0 Å². The lowest BCUT2D eigenvalue weighted by Gasteiger charge is -2.36. The minimum absolute atomic E-state index is 0.422. The summed E-state index contributed by atoms with van der Waals surface area (Å²) in [6.45, 7) is 7.40. The van der Waals surface area contributed by atoms with E-state index >= 15 is 0 Å². The zero-order chi connectivity index (χ0) is 17.2. The molecular formula is C19H29N5O. The van der Waals surface area contributed by atoms with Gasteiger partial charge in [0, 0.05) is 25.8 Å². The maximum Gasteiger partial charge on any atom is 0.227 e. The molecule has 1 aliphatic heterocycles. The normalized spacial score (nSPS) is 19.6. The van der Waals surface area contributed by atoms with Gasteiger partial charge in [-0.2, -0.15) is 0 Å². The third kappa shape index (κ3) is 3.59. The van der Waals surface area contributed by atoms with E-state index < -0.39 is 0 Å². The van der Waals surface area contributed by atoms with Crippen molar-refractivity contribution in [1.82, 2.24) is 19.7 Å². The summed E-state index contributed by atoms with van der Waals surface area (Å²) in [5.41, 5.74) is 1.03. The highest BCUT2D eigenvalue weighted by molar-refractivity contribution is 5.53. The minimum Gasteiger partial charge on any atom is -0.375 e. The van der Waals surface area contributed by atoms with Crippen molar-refractivity contribution in [1.29, 1.82) is 0 Å². The second kappa shape index (κ2) is 7.20. The van der Waals surface area contributed by atoms with Gasteiger partial charge in [0.15, 0.2) is 5.82 Å². The molecule has 6 nitrogen and oxygen atoms in total. The van der Waals surface area contributed by atoms with Crippen LogP contribution < -0.4 is 4.90 Å². The smallest absolute Gasteiger partial charge is 0.227 e. The van der Waals surface area contributed by atoms with Crippen LogP contribution in [0.15, 0.2) is 18.3 Å². The molecule has 4 rings (SSSR count). The summed E-state index contributed by atoms with van der Waals surface area (Å²) in [7, 11) is 0. The number of nitrogens with one attached hydrogen (secondary N) is 1. The maximum atomic E-state index is 6.20. The Morgan fingerprint density at radius 1 is 1.16 bits per heavy atom. The van der Waals surface area contributed by atoms with Crippen LogP contribution >= 0.6 is 0 Å². The molecule has 2 aromatic heterocycles. The van der Waals surface area contributed by atoms with E-state index in [-0.39, 0.29) is 0 Å². The fraction of sp³-hybridized carbons (Fsp3) is 0.684. The van der Waals surface area contributed by atoms with Crippen LogP contribution in [0.5, 0.6) is 0 Å². The monoisotopic (exact) mass is 343 g/mol. The number of aromatic amines is 1. The van der Waals surface area contributed by atoms with Crippen molar-refractivity contribution in [2.75, 3.05) is 18.0 Å². The van der Waals surface area contributed by atoms with E-state index in [9.17, 15) is 0 Å². The van der Waals surface area contributed by atoms with Crippen LogP contribution in [0.1, 0.15) is 46.0 Å². The molecule has 136 valence electrons. The predicted octanol–water partition coefficient (Wildman–Crippen LogP) is 3.47. The van der Waals surface area contributed by atoms with E-state index in [1.807, 2.05) is 12.3 Å². The molecule has 0 unspecified atom stereocenters. The van der Waals surface area contributed by atoms with Crippen molar-refractivity contribution in [3.63, 3.8) is 0 Å². The molecule has 25 heavy (non-hydrogen) atoms. The number of hydrogen-bond acceptors (Lipinski definition) is 4. The van der Waals surface area contributed by atoms with Gasteiger partial charge in [-0.05, 0) is 50.2 Å². The molecule has 0 amide bonds. The quantitative estimate of drug-likeness (QED) is 0.872.